The van der Waals surface area contributed by atoms with E-state index in [0.29, 0.717) is 6.54 Å². The minimum absolute atomic E-state index is 0.0999. The molecule has 1 unspecified atom stereocenters. The standard InChI is InChI=1S/C19H19N3O2/c1-4-22-17-10-16-15(9-14(17)11(2)19(22)23)20-18(21-16)12-5-7-13(24-3)8-6-12/h5-11H,4H2,1-3H3,(H,20,21). The lowest BCUT2D eigenvalue weighted by molar-refractivity contribution is -0.118. The van der Waals surface area contributed by atoms with Crippen molar-refractivity contribution in [1.29, 1.82) is 0 Å². The number of carbonyl (C=O) groups is 1. The molecule has 0 saturated heterocycles. The van der Waals surface area contributed by atoms with Crippen molar-refractivity contribution >= 4 is 22.6 Å². The smallest absolute Gasteiger partial charge is 0.234 e. The van der Waals surface area contributed by atoms with Crippen LogP contribution in [0.1, 0.15) is 25.3 Å². The van der Waals surface area contributed by atoms with Crippen molar-refractivity contribution in [3.63, 3.8) is 0 Å². The number of rotatable bonds is 3. The first-order valence-electron chi connectivity index (χ1n) is 8.12. The van der Waals surface area contributed by atoms with Crippen molar-refractivity contribution in [1.82, 2.24) is 9.97 Å². The van der Waals surface area contributed by atoms with E-state index in [-0.39, 0.29) is 11.8 Å². The second-order valence-electron chi connectivity index (χ2n) is 6.05. The molecule has 1 N–H and O–H groups in total. The Kier molecular flexibility index (Phi) is 3.30. The zero-order valence-corrected chi connectivity index (χ0v) is 14.0. The molecule has 5 heteroatoms. The number of anilines is 1. The Morgan fingerprint density at radius 1 is 1.25 bits per heavy atom. The fourth-order valence-electron chi connectivity index (χ4n) is 3.34. The van der Waals surface area contributed by atoms with E-state index in [2.05, 4.69) is 11.1 Å². The predicted octanol–water partition coefficient (Wildman–Crippen LogP) is 3.71. The summed E-state index contributed by atoms with van der Waals surface area (Å²) >= 11 is 0. The average Bonchev–Trinajstić information content (AvgIpc) is 3.13. The van der Waals surface area contributed by atoms with E-state index in [4.69, 9.17) is 9.72 Å². The van der Waals surface area contributed by atoms with Crippen molar-refractivity contribution in [2.45, 2.75) is 19.8 Å². The highest BCUT2D eigenvalue weighted by Gasteiger charge is 2.33. The first-order chi connectivity index (χ1) is 11.6. The third-order valence-corrected chi connectivity index (χ3v) is 4.70. The number of nitrogens with zero attached hydrogens (tertiary/aromatic N) is 2. The number of benzene rings is 2. The molecule has 1 atom stereocenters. The van der Waals surface area contributed by atoms with E-state index in [1.807, 2.05) is 49.1 Å². The second kappa shape index (κ2) is 5.37. The molecule has 2 aromatic carbocycles. The number of aromatic nitrogens is 2. The van der Waals surface area contributed by atoms with Crippen LogP contribution in [-0.2, 0) is 4.79 Å². The normalized spacial score (nSPS) is 16.7. The summed E-state index contributed by atoms with van der Waals surface area (Å²) in [6.45, 7) is 4.64. The lowest BCUT2D eigenvalue weighted by Gasteiger charge is -2.14. The molecule has 1 aromatic heterocycles. The van der Waals surface area contributed by atoms with Gasteiger partial charge in [0, 0.05) is 17.8 Å². The maximum atomic E-state index is 12.3. The fraction of sp³-hybridized carbons (Fsp3) is 0.263. The second-order valence-corrected chi connectivity index (χ2v) is 6.05. The highest BCUT2D eigenvalue weighted by atomic mass is 16.5. The van der Waals surface area contributed by atoms with Gasteiger partial charge >= 0.3 is 0 Å². The van der Waals surface area contributed by atoms with Gasteiger partial charge in [0.05, 0.1) is 24.1 Å². The molecule has 1 amide bonds. The van der Waals surface area contributed by atoms with Crippen molar-refractivity contribution in [3.05, 3.63) is 42.0 Å². The number of amides is 1. The van der Waals surface area contributed by atoms with Crippen LogP contribution in [0, 0.1) is 0 Å². The number of likely N-dealkylation sites (N-methyl/N-ethyl adjacent to an activating group) is 1. The van der Waals surface area contributed by atoms with Gasteiger partial charge in [0.25, 0.3) is 0 Å². The monoisotopic (exact) mass is 321 g/mol. The van der Waals surface area contributed by atoms with Gasteiger partial charge in [-0.1, -0.05) is 0 Å². The molecule has 0 spiro atoms. The van der Waals surface area contributed by atoms with Gasteiger partial charge in [0.15, 0.2) is 0 Å². The predicted molar refractivity (Wildman–Crippen MR) is 94.5 cm³/mol. The van der Waals surface area contributed by atoms with Crippen molar-refractivity contribution in [2.75, 3.05) is 18.6 Å². The molecule has 5 nitrogen and oxygen atoms in total. The van der Waals surface area contributed by atoms with Gasteiger partial charge in [-0.2, -0.15) is 0 Å². The van der Waals surface area contributed by atoms with Crippen LogP contribution in [-0.4, -0.2) is 29.5 Å². The molecule has 0 aliphatic carbocycles. The van der Waals surface area contributed by atoms with Gasteiger partial charge in [-0.15, -0.1) is 0 Å². The van der Waals surface area contributed by atoms with E-state index < -0.39 is 0 Å². The molecular formula is C19H19N3O2. The summed E-state index contributed by atoms with van der Waals surface area (Å²) in [5.41, 5.74) is 4.88. The van der Waals surface area contributed by atoms with Gasteiger partial charge < -0.3 is 14.6 Å². The van der Waals surface area contributed by atoms with Crippen LogP contribution in [0.4, 0.5) is 5.69 Å². The Bertz CT molecular complexity index is 928. The number of nitrogens with one attached hydrogen (secondary N) is 1. The Labute approximate surface area is 140 Å². The molecule has 0 fully saturated rings. The van der Waals surface area contributed by atoms with Crippen LogP contribution in [0.25, 0.3) is 22.4 Å². The molecule has 0 saturated carbocycles. The Morgan fingerprint density at radius 2 is 2.00 bits per heavy atom. The zero-order valence-electron chi connectivity index (χ0n) is 14.0. The summed E-state index contributed by atoms with van der Waals surface area (Å²) < 4.78 is 5.20. The molecular weight excluding hydrogens is 302 g/mol. The zero-order chi connectivity index (χ0) is 16.8. The lowest BCUT2D eigenvalue weighted by Crippen LogP contribution is -2.27. The summed E-state index contributed by atoms with van der Waals surface area (Å²) in [6.07, 6.45) is 0. The first kappa shape index (κ1) is 14.8. The van der Waals surface area contributed by atoms with Gasteiger partial charge in [-0.05, 0) is 55.8 Å². The van der Waals surface area contributed by atoms with Crippen molar-refractivity contribution in [3.8, 4) is 17.1 Å². The number of fused-ring (bicyclic) bond motifs is 2. The number of carbonyl (C=O) groups excluding carboxylic acids is 1. The maximum absolute atomic E-state index is 12.3. The number of hydrogen-bond acceptors (Lipinski definition) is 3. The van der Waals surface area contributed by atoms with E-state index >= 15 is 0 Å². The van der Waals surface area contributed by atoms with Crippen molar-refractivity contribution in [2.24, 2.45) is 0 Å². The van der Waals surface area contributed by atoms with Crippen LogP contribution in [0.2, 0.25) is 0 Å². The maximum Gasteiger partial charge on any atom is 0.234 e. The number of methoxy groups -OCH3 is 1. The van der Waals surface area contributed by atoms with Crippen LogP contribution in [0.5, 0.6) is 5.75 Å². The molecule has 0 bridgehead atoms. The minimum atomic E-state index is -0.0999. The van der Waals surface area contributed by atoms with Gasteiger partial charge in [-0.25, -0.2) is 4.98 Å². The Morgan fingerprint density at radius 3 is 2.67 bits per heavy atom. The third-order valence-electron chi connectivity index (χ3n) is 4.70. The number of aromatic amines is 1. The number of imidazole rings is 1. The van der Waals surface area contributed by atoms with Crippen LogP contribution >= 0.6 is 0 Å². The lowest BCUT2D eigenvalue weighted by atomic mass is 10.0. The van der Waals surface area contributed by atoms with E-state index in [0.717, 1.165) is 39.4 Å². The summed E-state index contributed by atoms with van der Waals surface area (Å²) in [5.74, 6) is 1.70. The number of H-pyrrole nitrogens is 1. The highest BCUT2D eigenvalue weighted by molar-refractivity contribution is 6.06. The summed E-state index contributed by atoms with van der Waals surface area (Å²) in [4.78, 5) is 22.2. The first-order valence-corrected chi connectivity index (χ1v) is 8.12. The third kappa shape index (κ3) is 2.08. The Hall–Kier alpha value is -2.82. The molecule has 2 heterocycles. The average molecular weight is 321 g/mol. The largest absolute Gasteiger partial charge is 0.497 e. The fourth-order valence-corrected chi connectivity index (χ4v) is 3.34. The van der Waals surface area contributed by atoms with E-state index in [1.165, 1.54) is 0 Å². The SMILES string of the molecule is CCN1C(=O)C(C)c2cc3[nH]c(-c4ccc(OC)cc4)nc3cc21. The molecule has 122 valence electrons. The van der Waals surface area contributed by atoms with Gasteiger partial charge in [-0.3, -0.25) is 4.79 Å². The van der Waals surface area contributed by atoms with Crippen LogP contribution in [0.15, 0.2) is 36.4 Å². The molecule has 3 aromatic rings. The van der Waals surface area contributed by atoms with Crippen LogP contribution < -0.4 is 9.64 Å². The minimum Gasteiger partial charge on any atom is -0.497 e. The number of ether oxygens (including phenoxy) is 1. The van der Waals surface area contributed by atoms with E-state index in [9.17, 15) is 4.79 Å². The highest BCUT2D eigenvalue weighted by Crippen LogP contribution is 2.39. The van der Waals surface area contributed by atoms with Gasteiger partial charge in [0.1, 0.15) is 11.6 Å². The molecule has 1 aliphatic heterocycles. The topological polar surface area (TPSA) is 58.2 Å². The van der Waals surface area contributed by atoms with Gasteiger partial charge in [0.2, 0.25) is 5.91 Å². The Balaban J connectivity index is 1.81. The molecule has 4 rings (SSSR count). The summed E-state index contributed by atoms with van der Waals surface area (Å²) in [7, 11) is 1.65. The molecule has 0 radical (unpaired) electrons. The molecule has 1 aliphatic rings. The summed E-state index contributed by atoms with van der Waals surface area (Å²) in [5, 5.41) is 0. The van der Waals surface area contributed by atoms with Crippen LogP contribution in [0.3, 0.4) is 0 Å². The van der Waals surface area contributed by atoms with E-state index in [1.54, 1.807) is 7.11 Å². The quantitative estimate of drug-likeness (QED) is 0.800. The number of hydrogen-bond donors (Lipinski definition) is 1. The summed E-state index contributed by atoms with van der Waals surface area (Å²) in [6, 6.07) is 11.9. The molecule has 24 heavy (non-hydrogen) atoms. The van der Waals surface area contributed by atoms with Crippen molar-refractivity contribution < 1.29 is 9.53 Å².